The van der Waals surface area contributed by atoms with E-state index in [0.717, 1.165) is 0 Å². The maximum Gasteiger partial charge on any atom is 0.0557 e. The summed E-state index contributed by atoms with van der Waals surface area (Å²) in [4.78, 5) is 24.3. The Morgan fingerprint density at radius 2 is 1.50 bits per heavy atom. The van der Waals surface area contributed by atoms with Gasteiger partial charge in [0.05, 0.1) is 7.82 Å². The Morgan fingerprint density at radius 3 is 1.50 bits per heavy atom. The number of rotatable bonds is 0. The van der Waals surface area contributed by atoms with Gasteiger partial charge in [0.25, 0.3) is 0 Å². The quantitative estimate of drug-likeness (QED) is 0.487. The Morgan fingerprint density at radius 1 is 1.50 bits per heavy atom. The van der Waals surface area contributed by atoms with Crippen molar-refractivity contribution in [1.82, 2.24) is 0 Å². The molecule has 0 aromatic carbocycles. The van der Waals surface area contributed by atoms with E-state index in [-0.39, 0.29) is 40.8 Å². The van der Waals surface area contributed by atoms with Crippen molar-refractivity contribution in [1.29, 1.82) is 0 Å². The molecule has 0 aromatic rings. The molecule has 36 valence electrons. The minimum absolute atomic E-state index is 0. The third-order valence-corrected chi connectivity index (χ3v) is 0. The van der Waals surface area contributed by atoms with E-state index in [0.29, 0.717) is 0 Å². The minimum atomic E-state index is -5.14. The fourth-order valence-corrected chi connectivity index (χ4v) is 0. The van der Waals surface area contributed by atoms with E-state index in [4.69, 9.17) is 19.2 Å². The molecule has 0 amide bonds. The molecule has 0 spiro atoms. The standard InChI is InChI=1S/Nd.H3O4P/c;1-5(2,3)4/h;(H3,1,2,3,4)/p-2. The molecule has 0 bridgehead atoms. The molecule has 6 heteroatoms. The number of phosphoric acid groups is 1. The van der Waals surface area contributed by atoms with Crippen LogP contribution in [0.5, 0.6) is 0 Å². The molecule has 6 heavy (non-hydrogen) atoms. The van der Waals surface area contributed by atoms with Crippen LogP contribution in [0.1, 0.15) is 0 Å². The van der Waals surface area contributed by atoms with Crippen LogP contribution in [0.4, 0.5) is 0 Å². The summed E-state index contributed by atoms with van der Waals surface area (Å²) >= 11 is 0. The SMILES string of the molecule is O=P([O-])([O-])O.[Nd]. The molecule has 0 unspecified atom stereocenters. The molecule has 0 aliphatic rings. The predicted molar refractivity (Wildman–Crippen MR) is 9.83 cm³/mol. The van der Waals surface area contributed by atoms with Gasteiger partial charge in [0.15, 0.2) is 0 Å². The van der Waals surface area contributed by atoms with Crippen LogP contribution >= 0.6 is 7.82 Å². The van der Waals surface area contributed by atoms with Crippen LogP contribution in [0.15, 0.2) is 0 Å². The summed E-state index contributed by atoms with van der Waals surface area (Å²) in [7, 11) is -5.14. The van der Waals surface area contributed by atoms with Crippen molar-refractivity contribution in [3.8, 4) is 0 Å². The predicted octanol–water partition coefficient (Wildman–Crippen LogP) is -2.19. The van der Waals surface area contributed by atoms with Crippen LogP contribution in [0, 0.1) is 40.8 Å². The first-order valence-corrected chi connectivity index (χ1v) is 2.24. The van der Waals surface area contributed by atoms with Crippen LogP contribution in [-0.2, 0) is 4.57 Å². The van der Waals surface area contributed by atoms with Crippen LogP contribution in [0.2, 0.25) is 0 Å². The average molecular weight is 240 g/mol. The molecule has 4 nitrogen and oxygen atoms in total. The third kappa shape index (κ3) is 50.9. The average Bonchev–Trinajstić information content (AvgIpc) is 0.722. The zero-order valence-electron chi connectivity index (χ0n) is 2.62. The molecule has 0 saturated carbocycles. The summed E-state index contributed by atoms with van der Waals surface area (Å²) in [5.74, 6) is 0. The van der Waals surface area contributed by atoms with Crippen molar-refractivity contribution in [3.05, 3.63) is 0 Å². The molecule has 0 aliphatic carbocycles. The fourth-order valence-electron chi connectivity index (χ4n) is 0. The Bertz CT molecular complexity index is 53.7. The van der Waals surface area contributed by atoms with Gasteiger partial charge in [-0.05, 0) is 0 Å². The molecular weight excluding hydrogens is 239 g/mol. The van der Waals surface area contributed by atoms with Crippen molar-refractivity contribution >= 4 is 7.82 Å². The Kier molecular flexibility index (Phi) is 6.02. The van der Waals surface area contributed by atoms with E-state index in [1.807, 2.05) is 0 Å². The third-order valence-electron chi connectivity index (χ3n) is 0. The summed E-state index contributed by atoms with van der Waals surface area (Å²) in [5.41, 5.74) is 0. The van der Waals surface area contributed by atoms with Crippen LogP contribution in [0.25, 0.3) is 0 Å². The van der Waals surface area contributed by atoms with E-state index in [2.05, 4.69) is 0 Å². The molecule has 0 atom stereocenters. The van der Waals surface area contributed by atoms with E-state index in [1.165, 1.54) is 0 Å². The number of hydrogen-bond acceptors (Lipinski definition) is 3. The van der Waals surface area contributed by atoms with Gasteiger partial charge in [0.2, 0.25) is 0 Å². The minimum Gasteiger partial charge on any atom is -0.790 e. The first kappa shape index (κ1) is 10.4. The van der Waals surface area contributed by atoms with Gasteiger partial charge in [-0.3, -0.25) is 0 Å². The molecule has 0 radical (unpaired) electrons. The number of hydrogen-bond donors (Lipinski definition) is 1. The van der Waals surface area contributed by atoms with Crippen molar-refractivity contribution in [2.45, 2.75) is 0 Å². The van der Waals surface area contributed by atoms with E-state index in [9.17, 15) is 0 Å². The Hall–Kier alpha value is 1.46. The van der Waals surface area contributed by atoms with Gasteiger partial charge < -0.3 is 19.2 Å². The van der Waals surface area contributed by atoms with Crippen LogP contribution in [-0.4, -0.2) is 4.89 Å². The summed E-state index contributed by atoms with van der Waals surface area (Å²) in [5, 5.41) is 0. The second-order valence-electron chi connectivity index (χ2n) is 0.469. The molecule has 0 rings (SSSR count). The maximum absolute atomic E-state index is 8.66. The topological polar surface area (TPSA) is 83.4 Å². The fraction of sp³-hybridized carbons (Fsp3) is 0. The molecule has 0 fully saturated rings. The second-order valence-corrected chi connectivity index (χ2v) is 1.41. The Balaban J connectivity index is 0. The van der Waals surface area contributed by atoms with Crippen molar-refractivity contribution in [2.75, 3.05) is 0 Å². The summed E-state index contributed by atoms with van der Waals surface area (Å²) in [6, 6.07) is 0. The summed E-state index contributed by atoms with van der Waals surface area (Å²) < 4.78 is 8.66. The Labute approximate surface area is 67.3 Å². The van der Waals surface area contributed by atoms with E-state index < -0.39 is 7.82 Å². The smallest absolute Gasteiger partial charge is 0.0557 e. The van der Waals surface area contributed by atoms with Crippen molar-refractivity contribution < 1.29 is 60.1 Å². The van der Waals surface area contributed by atoms with E-state index in [1.54, 1.807) is 0 Å². The maximum atomic E-state index is 8.66. The van der Waals surface area contributed by atoms with Gasteiger partial charge in [0, 0.05) is 40.8 Å². The zero-order chi connectivity index (χ0) is 4.50. The van der Waals surface area contributed by atoms with Gasteiger partial charge in [-0.1, -0.05) is 0 Å². The largest absolute Gasteiger partial charge is 0.790 e. The zero-order valence-corrected chi connectivity index (χ0v) is 6.72. The van der Waals surface area contributed by atoms with Gasteiger partial charge in [-0.15, -0.1) is 0 Å². The molecular formula is HNdO4P-2. The summed E-state index contributed by atoms with van der Waals surface area (Å²) in [6.07, 6.45) is 0. The molecule has 0 aromatic heterocycles. The van der Waals surface area contributed by atoms with Crippen LogP contribution < -0.4 is 9.79 Å². The summed E-state index contributed by atoms with van der Waals surface area (Å²) in [6.45, 7) is 0. The van der Waals surface area contributed by atoms with Crippen molar-refractivity contribution in [3.63, 3.8) is 0 Å². The van der Waals surface area contributed by atoms with Gasteiger partial charge in [0.1, 0.15) is 0 Å². The van der Waals surface area contributed by atoms with Gasteiger partial charge >= 0.3 is 0 Å². The van der Waals surface area contributed by atoms with Gasteiger partial charge in [-0.2, -0.15) is 0 Å². The van der Waals surface area contributed by atoms with Gasteiger partial charge in [-0.25, -0.2) is 0 Å². The molecule has 1 N–H and O–H groups in total. The molecule has 0 heterocycles. The normalized spacial score (nSPS) is 9.83. The molecule has 0 aliphatic heterocycles. The van der Waals surface area contributed by atoms with Crippen LogP contribution in [0.3, 0.4) is 0 Å². The van der Waals surface area contributed by atoms with Crippen molar-refractivity contribution in [2.24, 2.45) is 0 Å². The monoisotopic (exact) mass is 238 g/mol. The first-order chi connectivity index (χ1) is 2.00. The first-order valence-electron chi connectivity index (χ1n) is 0.748. The van der Waals surface area contributed by atoms with E-state index >= 15 is 0 Å². The molecule has 0 saturated heterocycles. The second kappa shape index (κ2) is 3.46.